The Hall–Kier alpha value is -1.52. The number of rotatable bonds is 6. The molecule has 1 aliphatic rings. The summed E-state index contributed by atoms with van der Waals surface area (Å²) < 4.78 is 3.39. The third-order valence-corrected chi connectivity index (χ3v) is 5.56. The van der Waals surface area contributed by atoms with Crippen LogP contribution in [0.3, 0.4) is 0 Å². The number of thiophene rings is 1. The third kappa shape index (κ3) is 3.93. The van der Waals surface area contributed by atoms with E-state index in [1.807, 2.05) is 4.57 Å². The van der Waals surface area contributed by atoms with E-state index in [1.54, 1.807) is 19.1 Å². The lowest BCUT2D eigenvalue weighted by Gasteiger charge is -2.13. The molecule has 128 valence electrons. The van der Waals surface area contributed by atoms with Crippen molar-refractivity contribution >= 4 is 51.3 Å². The van der Waals surface area contributed by atoms with Crippen molar-refractivity contribution in [2.75, 3.05) is 0 Å². The predicted octanol–water partition coefficient (Wildman–Crippen LogP) is 2.53. The van der Waals surface area contributed by atoms with Gasteiger partial charge in [-0.05, 0) is 60.0 Å². The summed E-state index contributed by atoms with van der Waals surface area (Å²) >= 11 is 9.83. The molecule has 2 heterocycles. The maximum atomic E-state index is 12.2. The van der Waals surface area contributed by atoms with Crippen LogP contribution in [0.1, 0.15) is 41.3 Å². The molecule has 1 fully saturated rings. The first-order valence-electron chi connectivity index (χ1n) is 7.45. The second-order valence-electron chi connectivity index (χ2n) is 5.56. The highest BCUT2D eigenvalue weighted by Gasteiger charge is 2.27. The fourth-order valence-electron chi connectivity index (χ4n) is 2.26. The lowest BCUT2D eigenvalue weighted by molar-refractivity contribution is -0.122. The molecule has 0 radical (unpaired) electrons. The minimum atomic E-state index is -0.644. The average Bonchev–Trinajstić information content (AvgIpc) is 3.17. The van der Waals surface area contributed by atoms with Gasteiger partial charge in [-0.1, -0.05) is 0 Å². The second-order valence-corrected chi connectivity index (χ2v) is 8.41. The topological polar surface area (TPSA) is 91.8 Å². The molecule has 3 rings (SSSR count). The Bertz CT molecular complexity index is 823. The monoisotopic (exact) mass is 429 g/mol. The van der Waals surface area contributed by atoms with E-state index in [0.717, 1.165) is 16.6 Å². The zero-order valence-corrected chi connectivity index (χ0v) is 16.1. The van der Waals surface area contributed by atoms with Crippen LogP contribution < -0.4 is 10.6 Å². The quantitative estimate of drug-likeness (QED) is 0.615. The molecule has 2 aromatic rings. The number of H-pyrrole nitrogens is 1. The van der Waals surface area contributed by atoms with Gasteiger partial charge in [0.05, 0.1) is 15.2 Å². The SMILES string of the molecule is CC(NC(=O)c1ccc(Br)s1)C(=O)NCc1n[nH]c(=S)n1C1CC1. The van der Waals surface area contributed by atoms with Crippen LogP contribution in [0.15, 0.2) is 15.9 Å². The van der Waals surface area contributed by atoms with Gasteiger partial charge in [-0.15, -0.1) is 11.3 Å². The summed E-state index contributed by atoms with van der Waals surface area (Å²) in [7, 11) is 0. The van der Waals surface area contributed by atoms with Crippen LogP contribution >= 0.6 is 39.5 Å². The van der Waals surface area contributed by atoms with Crippen LogP contribution in [0.2, 0.25) is 0 Å². The van der Waals surface area contributed by atoms with Crippen molar-refractivity contribution in [3.05, 3.63) is 31.4 Å². The summed E-state index contributed by atoms with van der Waals surface area (Å²) in [5.74, 6) is 0.167. The van der Waals surface area contributed by atoms with E-state index in [1.165, 1.54) is 11.3 Å². The molecule has 0 aromatic carbocycles. The second kappa shape index (κ2) is 7.16. The van der Waals surface area contributed by atoms with Gasteiger partial charge in [0.1, 0.15) is 6.04 Å². The number of halogens is 1. The summed E-state index contributed by atoms with van der Waals surface area (Å²) in [6.45, 7) is 1.92. The summed E-state index contributed by atoms with van der Waals surface area (Å²) in [5.41, 5.74) is 0. The van der Waals surface area contributed by atoms with Gasteiger partial charge in [-0.25, -0.2) is 0 Å². The number of carbonyl (C=O) groups is 2. The maximum Gasteiger partial charge on any atom is 0.262 e. The van der Waals surface area contributed by atoms with Gasteiger partial charge < -0.3 is 10.6 Å². The first-order valence-corrected chi connectivity index (χ1v) is 9.47. The van der Waals surface area contributed by atoms with Crippen molar-refractivity contribution < 1.29 is 9.59 Å². The van der Waals surface area contributed by atoms with E-state index in [2.05, 4.69) is 36.8 Å². The highest BCUT2D eigenvalue weighted by molar-refractivity contribution is 9.11. The van der Waals surface area contributed by atoms with E-state index in [-0.39, 0.29) is 18.4 Å². The van der Waals surface area contributed by atoms with Gasteiger partial charge in [0.25, 0.3) is 5.91 Å². The van der Waals surface area contributed by atoms with Crippen LogP contribution in [0.5, 0.6) is 0 Å². The number of hydrogen-bond acceptors (Lipinski definition) is 5. The molecule has 24 heavy (non-hydrogen) atoms. The van der Waals surface area contributed by atoms with Gasteiger partial charge in [0, 0.05) is 6.04 Å². The van der Waals surface area contributed by atoms with E-state index in [0.29, 0.717) is 21.5 Å². The summed E-state index contributed by atoms with van der Waals surface area (Å²) in [6.07, 6.45) is 2.16. The molecule has 1 aliphatic carbocycles. The summed E-state index contributed by atoms with van der Waals surface area (Å²) in [4.78, 5) is 24.8. The van der Waals surface area contributed by atoms with Crippen molar-refractivity contribution in [2.45, 2.75) is 38.4 Å². The van der Waals surface area contributed by atoms with Crippen molar-refractivity contribution in [1.82, 2.24) is 25.4 Å². The molecular formula is C14H16BrN5O2S2. The van der Waals surface area contributed by atoms with Crippen molar-refractivity contribution in [1.29, 1.82) is 0 Å². The Morgan fingerprint density at radius 1 is 1.54 bits per heavy atom. The van der Waals surface area contributed by atoms with Gasteiger partial charge >= 0.3 is 0 Å². The Kier molecular flexibility index (Phi) is 5.16. The van der Waals surface area contributed by atoms with Crippen LogP contribution in [-0.2, 0) is 11.3 Å². The molecule has 0 spiro atoms. The highest BCUT2D eigenvalue weighted by atomic mass is 79.9. The Balaban J connectivity index is 1.55. The van der Waals surface area contributed by atoms with Crippen molar-refractivity contribution in [3.63, 3.8) is 0 Å². The number of nitrogens with one attached hydrogen (secondary N) is 3. The third-order valence-electron chi connectivity index (χ3n) is 3.65. The van der Waals surface area contributed by atoms with Gasteiger partial charge in [-0.3, -0.25) is 19.3 Å². The van der Waals surface area contributed by atoms with Crippen LogP contribution in [-0.4, -0.2) is 32.6 Å². The molecule has 1 saturated carbocycles. The molecule has 0 saturated heterocycles. The normalized spacial score (nSPS) is 15.1. The molecule has 10 heteroatoms. The molecule has 3 N–H and O–H groups in total. The number of aromatic amines is 1. The first-order chi connectivity index (χ1) is 11.5. The minimum Gasteiger partial charge on any atom is -0.347 e. The fourth-order valence-corrected chi connectivity index (χ4v) is 3.85. The Labute approximate surface area is 156 Å². The van der Waals surface area contributed by atoms with E-state index < -0.39 is 6.04 Å². The van der Waals surface area contributed by atoms with Gasteiger partial charge in [-0.2, -0.15) is 5.10 Å². The fraction of sp³-hybridized carbons (Fsp3) is 0.429. The number of hydrogen-bond donors (Lipinski definition) is 3. The van der Waals surface area contributed by atoms with Crippen molar-refractivity contribution in [2.24, 2.45) is 0 Å². The van der Waals surface area contributed by atoms with E-state index in [9.17, 15) is 9.59 Å². The molecule has 1 atom stereocenters. The Morgan fingerprint density at radius 3 is 2.92 bits per heavy atom. The number of nitrogens with zero attached hydrogens (tertiary/aromatic N) is 2. The minimum absolute atomic E-state index is 0.268. The van der Waals surface area contributed by atoms with E-state index in [4.69, 9.17) is 12.2 Å². The van der Waals surface area contributed by atoms with Gasteiger partial charge in [0.15, 0.2) is 10.6 Å². The summed E-state index contributed by atoms with van der Waals surface area (Å²) in [5, 5.41) is 12.4. The standard InChI is InChI=1S/C14H16BrN5O2S2/c1-7(17-13(22)9-4-5-10(15)24-9)12(21)16-6-11-18-19-14(23)20(11)8-2-3-8/h4-5,7-8H,2-3,6H2,1H3,(H,16,21)(H,17,22)(H,19,23). The molecule has 7 nitrogen and oxygen atoms in total. The maximum absolute atomic E-state index is 12.2. The number of carbonyl (C=O) groups excluding carboxylic acids is 2. The van der Waals surface area contributed by atoms with E-state index >= 15 is 0 Å². The highest BCUT2D eigenvalue weighted by Crippen LogP contribution is 2.35. The molecular weight excluding hydrogens is 414 g/mol. The largest absolute Gasteiger partial charge is 0.347 e. The lowest BCUT2D eigenvalue weighted by atomic mass is 10.3. The number of amides is 2. The molecule has 2 amide bonds. The molecule has 0 bridgehead atoms. The average molecular weight is 430 g/mol. The Morgan fingerprint density at radius 2 is 2.29 bits per heavy atom. The van der Waals surface area contributed by atoms with Crippen LogP contribution in [0.25, 0.3) is 0 Å². The van der Waals surface area contributed by atoms with Gasteiger partial charge in [0.2, 0.25) is 5.91 Å². The molecule has 2 aromatic heterocycles. The zero-order valence-electron chi connectivity index (χ0n) is 12.8. The number of aromatic nitrogens is 3. The predicted molar refractivity (Wildman–Crippen MR) is 96.5 cm³/mol. The smallest absolute Gasteiger partial charge is 0.262 e. The van der Waals surface area contributed by atoms with Crippen LogP contribution in [0, 0.1) is 4.77 Å². The molecule has 1 unspecified atom stereocenters. The lowest BCUT2D eigenvalue weighted by Crippen LogP contribution is -2.44. The summed E-state index contributed by atoms with van der Waals surface area (Å²) in [6, 6.07) is 3.25. The zero-order chi connectivity index (χ0) is 17.3. The van der Waals surface area contributed by atoms with Crippen molar-refractivity contribution in [3.8, 4) is 0 Å². The molecule has 0 aliphatic heterocycles. The first kappa shape index (κ1) is 17.3. The van der Waals surface area contributed by atoms with Crippen LogP contribution in [0.4, 0.5) is 0 Å².